The number of hydrogen-bond acceptors (Lipinski definition) is 1. The molecule has 1 aromatic heterocycles. The summed E-state index contributed by atoms with van der Waals surface area (Å²) in [5.41, 5.74) is 2.41. The lowest BCUT2D eigenvalue weighted by Crippen LogP contribution is -2.41. The third kappa shape index (κ3) is 4.00. The van der Waals surface area contributed by atoms with Crippen molar-refractivity contribution in [3.8, 4) is 0 Å². The van der Waals surface area contributed by atoms with Crippen molar-refractivity contribution in [2.24, 2.45) is 0 Å². The Morgan fingerprint density at radius 2 is 2.13 bits per heavy atom. The van der Waals surface area contributed by atoms with Crippen molar-refractivity contribution < 1.29 is 0 Å². The number of unbranched alkanes of at least 4 members (excludes halogenated alkanes) is 2. The highest BCUT2D eigenvalue weighted by Gasteiger charge is 2.20. The Hall–Kier alpha value is -0.893. The predicted molar refractivity (Wildman–Crippen MR) is 70.0 cm³/mol. The number of allylic oxidation sites excluding steroid dienone is 1. The number of aromatic nitrogens is 1. The Balaban J connectivity index is 2.63. The van der Waals surface area contributed by atoms with Crippen molar-refractivity contribution in [2.45, 2.75) is 39.3 Å². The molecule has 0 fully saturated rings. The molecule has 1 rings (SSSR count). The zero-order chi connectivity index (χ0) is 11.1. The topological polar surface area (TPSA) is 12.9 Å². The van der Waals surface area contributed by atoms with Crippen LogP contribution in [0.5, 0.6) is 0 Å². The normalized spacial score (nSPS) is 12.2. The van der Waals surface area contributed by atoms with Gasteiger partial charge >= 0.3 is 0 Å². The lowest BCUT2D eigenvalue weighted by molar-refractivity contribution is 0.815. The first-order valence-electron chi connectivity index (χ1n) is 5.76. The van der Waals surface area contributed by atoms with E-state index in [1.807, 2.05) is 12.3 Å². The van der Waals surface area contributed by atoms with Crippen molar-refractivity contribution in [1.29, 1.82) is 0 Å². The van der Waals surface area contributed by atoms with Gasteiger partial charge in [0.25, 0.3) is 0 Å². The van der Waals surface area contributed by atoms with E-state index in [-0.39, 0.29) is 0 Å². The molecule has 0 spiro atoms. The fraction of sp³-hybridized carbons (Fsp3) is 0.462. The summed E-state index contributed by atoms with van der Waals surface area (Å²) in [5, 5.41) is 1.28. The fourth-order valence-corrected chi connectivity index (χ4v) is 3.39. The van der Waals surface area contributed by atoms with Crippen LogP contribution in [0.15, 0.2) is 36.2 Å². The molecule has 0 saturated heterocycles. The molecule has 1 heterocycles. The maximum atomic E-state index is 4.46. The number of pyridine rings is 1. The number of nitrogens with zero attached hydrogens (tertiary/aromatic N) is 1. The Bertz CT molecular complexity index is 304. The molecule has 0 amide bonds. The van der Waals surface area contributed by atoms with Crippen molar-refractivity contribution in [2.75, 3.05) is 0 Å². The second kappa shape index (κ2) is 5.86. The van der Waals surface area contributed by atoms with E-state index >= 15 is 0 Å². The van der Waals surface area contributed by atoms with Crippen molar-refractivity contribution in [3.63, 3.8) is 0 Å². The van der Waals surface area contributed by atoms with E-state index in [1.54, 1.807) is 0 Å². The molecule has 0 bridgehead atoms. The second-order valence-corrected chi connectivity index (χ2v) is 8.77. The molecule has 1 aromatic rings. The third-order valence-electron chi connectivity index (χ3n) is 2.58. The Labute approximate surface area is 94.3 Å². The predicted octanol–water partition coefficient (Wildman–Crippen LogP) is 3.28. The van der Waals surface area contributed by atoms with Gasteiger partial charge in [0.1, 0.15) is 8.07 Å². The van der Waals surface area contributed by atoms with Crippen LogP contribution in [0, 0.1) is 0 Å². The molecular formula is C13H21NSi. The van der Waals surface area contributed by atoms with Crippen molar-refractivity contribution >= 4 is 13.4 Å². The lowest BCUT2D eigenvalue weighted by Gasteiger charge is -2.16. The SMILES string of the molecule is CCCCC=C[Si](C)(C)c1ccccn1. The quantitative estimate of drug-likeness (QED) is 0.547. The van der Waals surface area contributed by atoms with Crippen LogP contribution in [0.4, 0.5) is 0 Å². The molecule has 15 heavy (non-hydrogen) atoms. The third-order valence-corrected chi connectivity index (χ3v) is 5.27. The monoisotopic (exact) mass is 219 g/mol. The molecule has 0 aliphatic heterocycles. The highest BCUT2D eigenvalue weighted by Crippen LogP contribution is 2.05. The van der Waals surface area contributed by atoms with Crippen LogP contribution in [0.3, 0.4) is 0 Å². The van der Waals surface area contributed by atoms with Crippen LogP contribution in [-0.2, 0) is 0 Å². The first-order chi connectivity index (χ1) is 7.17. The molecule has 0 unspecified atom stereocenters. The fourth-order valence-electron chi connectivity index (χ4n) is 1.53. The summed E-state index contributed by atoms with van der Waals surface area (Å²) in [4.78, 5) is 4.46. The van der Waals surface area contributed by atoms with Gasteiger partial charge in [0, 0.05) is 11.5 Å². The zero-order valence-corrected chi connectivity index (χ0v) is 11.0. The lowest BCUT2D eigenvalue weighted by atomic mass is 10.2. The van der Waals surface area contributed by atoms with Crippen molar-refractivity contribution in [3.05, 3.63) is 36.2 Å². The van der Waals surface area contributed by atoms with E-state index in [0.717, 1.165) is 0 Å². The maximum Gasteiger partial charge on any atom is 0.127 e. The van der Waals surface area contributed by atoms with Gasteiger partial charge in [-0.25, -0.2) is 0 Å². The summed E-state index contributed by atoms with van der Waals surface area (Å²) < 4.78 is 0. The summed E-state index contributed by atoms with van der Waals surface area (Å²) in [6.45, 7) is 6.92. The van der Waals surface area contributed by atoms with Gasteiger partial charge in [-0.1, -0.05) is 50.7 Å². The Morgan fingerprint density at radius 1 is 1.33 bits per heavy atom. The number of hydrogen-bond donors (Lipinski definition) is 0. The van der Waals surface area contributed by atoms with E-state index in [2.05, 4.69) is 48.9 Å². The summed E-state index contributed by atoms with van der Waals surface area (Å²) in [5.74, 6) is 0. The summed E-state index contributed by atoms with van der Waals surface area (Å²) in [7, 11) is -1.42. The minimum atomic E-state index is -1.42. The standard InChI is InChI=1S/C13H21NSi/c1-4-5-6-9-12-15(2,3)13-10-7-8-11-14-13/h7-12H,4-6H2,1-3H3. The van der Waals surface area contributed by atoms with Crippen LogP contribution < -0.4 is 5.32 Å². The zero-order valence-electron chi connectivity index (χ0n) is 10.0. The minimum Gasteiger partial charge on any atom is -0.266 e. The van der Waals surface area contributed by atoms with Gasteiger partial charge in [-0.3, -0.25) is 4.98 Å². The van der Waals surface area contributed by atoms with E-state index in [9.17, 15) is 0 Å². The highest BCUT2D eigenvalue weighted by atomic mass is 28.3. The van der Waals surface area contributed by atoms with Gasteiger partial charge in [-0.15, -0.1) is 0 Å². The molecule has 0 aromatic carbocycles. The molecule has 82 valence electrons. The average Bonchev–Trinajstić information content (AvgIpc) is 2.26. The van der Waals surface area contributed by atoms with E-state index in [4.69, 9.17) is 0 Å². The molecule has 1 nitrogen and oxygen atoms in total. The molecule has 0 N–H and O–H groups in total. The van der Waals surface area contributed by atoms with E-state index < -0.39 is 8.07 Å². The smallest absolute Gasteiger partial charge is 0.127 e. The van der Waals surface area contributed by atoms with Gasteiger partial charge in [-0.05, 0) is 18.6 Å². The van der Waals surface area contributed by atoms with Crippen molar-refractivity contribution in [1.82, 2.24) is 4.98 Å². The molecule has 2 heteroatoms. The first-order valence-corrected chi connectivity index (χ1v) is 8.84. The molecule has 0 radical (unpaired) electrons. The Morgan fingerprint density at radius 3 is 2.73 bits per heavy atom. The van der Waals surface area contributed by atoms with Crippen LogP contribution in [-0.4, -0.2) is 13.1 Å². The molecule has 0 aliphatic carbocycles. The van der Waals surface area contributed by atoms with Crippen LogP contribution in [0.2, 0.25) is 13.1 Å². The highest BCUT2D eigenvalue weighted by molar-refractivity contribution is 6.93. The first kappa shape index (κ1) is 12.2. The molecule has 0 atom stereocenters. The molecular weight excluding hydrogens is 198 g/mol. The second-order valence-electron chi connectivity index (χ2n) is 4.48. The Kier molecular flexibility index (Phi) is 4.76. The van der Waals surface area contributed by atoms with Crippen LogP contribution in [0.25, 0.3) is 0 Å². The minimum absolute atomic E-state index is 1.21. The van der Waals surface area contributed by atoms with Crippen LogP contribution in [0.1, 0.15) is 26.2 Å². The van der Waals surface area contributed by atoms with Gasteiger partial charge < -0.3 is 0 Å². The van der Waals surface area contributed by atoms with E-state index in [0.29, 0.717) is 0 Å². The molecule has 0 saturated carbocycles. The number of rotatable bonds is 5. The maximum absolute atomic E-state index is 4.46. The van der Waals surface area contributed by atoms with Gasteiger partial charge in [0.2, 0.25) is 0 Å². The van der Waals surface area contributed by atoms with E-state index in [1.165, 1.54) is 24.6 Å². The van der Waals surface area contributed by atoms with Gasteiger partial charge in [0.15, 0.2) is 0 Å². The summed E-state index contributed by atoms with van der Waals surface area (Å²) in [6.07, 6.45) is 8.01. The van der Waals surface area contributed by atoms with Gasteiger partial charge in [-0.2, -0.15) is 0 Å². The largest absolute Gasteiger partial charge is 0.266 e. The summed E-state index contributed by atoms with van der Waals surface area (Å²) >= 11 is 0. The van der Waals surface area contributed by atoms with Gasteiger partial charge in [0.05, 0.1) is 0 Å². The molecule has 0 aliphatic rings. The van der Waals surface area contributed by atoms with Crippen LogP contribution >= 0.6 is 0 Å². The summed E-state index contributed by atoms with van der Waals surface area (Å²) in [6, 6.07) is 6.21. The average molecular weight is 219 g/mol.